The number of carbonyl (C=O) groups is 2. The highest BCUT2D eigenvalue weighted by Gasteiger charge is 2.31. The molecule has 0 radical (unpaired) electrons. The molecule has 0 saturated carbocycles. The Balaban J connectivity index is 1.25. The second kappa shape index (κ2) is 9.89. The van der Waals surface area contributed by atoms with Gasteiger partial charge in [-0.15, -0.1) is 0 Å². The SMILES string of the molecule is O=C(CCCc1ccccc1)Nc1ccnn1C1CCN(C(=O)C2CCCO2)CC1. The molecule has 7 nitrogen and oxygen atoms in total. The first-order chi connectivity index (χ1) is 14.7. The molecule has 160 valence electrons. The van der Waals surface area contributed by atoms with Crippen LogP contribution in [0.25, 0.3) is 0 Å². The number of amides is 2. The summed E-state index contributed by atoms with van der Waals surface area (Å²) in [7, 11) is 0. The third kappa shape index (κ3) is 5.08. The van der Waals surface area contributed by atoms with Gasteiger partial charge in [0.1, 0.15) is 11.9 Å². The summed E-state index contributed by atoms with van der Waals surface area (Å²) in [5.41, 5.74) is 1.25. The summed E-state index contributed by atoms with van der Waals surface area (Å²) in [5, 5.41) is 7.46. The number of ether oxygens (including phenoxy) is 1. The van der Waals surface area contributed by atoms with E-state index in [2.05, 4.69) is 22.5 Å². The zero-order chi connectivity index (χ0) is 20.8. The molecule has 2 aliphatic heterocycles. The van der Waals surface area contributed by atoms with Crippen LogP contribution >= 0.6 is 0 Å². The molecule has 1 atom stereocenters. The van der Waals surface area contributed by atoms with Crippen LogP contribution in [0.4, 0.5) is 5.82 Å². The molecule has 2 saturated heterocycles. The lowest BCUT2D eigenvalue weighted by Crippen LogP contribution is -2.44. The number of carbonyl (C=O) groups excluding carboxylic acids is 2. The number of hydrogen-bond donors (Lipinski definition) is 1. The number of aryl methyl sites for hydroxylation is 1. The largest absolute Gasteiger partial charge is 0.368 e. The zero-order valence-corrected chi connectivity index (χ0v) is 17.3. The van der Waals surface area contributed by atoms with Crippen LogP contribution in [0.15, 0.2) is 42.6 Å². The van der Waals surface area contributed by atoms with Crippen LogP contribution in [0.5, 0.6) is 0 Å². The number of benzene rings is 1. The quantitative estimate of drug-likeness (QED) is 0.761. The predicted molar refractivity (Wildman–Crippen MR) is 114 cm³/mol. The maximum atomic E-state index is 12.5. The molecule has 2 aliphatic rings. The predicted octanol–water partition coefficient (Wildman–Crippen LogP) is 3.19. The fourth-order valence-electron chi connectivity index (χ4n) is 4.31. The van der Waals surface area contributed by atoms with Gasteiger partial charge in [0.2, 0.25) is 5.91 Å². The Morgan fingerprint density at radius 3 is 2.63 bits per heavy atom. The van der Waals surface area contributed by atoms with Crippen molar-refractivity contribution < 1.29 is 14.3 Å². The number of aromatic nitrogens is 2. The lowest BCUT2D eigenvalue weighted by atomic mass is 10.0. The van der Waals surface area contributed by atoms with E-state index in [-0.39, 0.29) is 24.0 Å². The average molecular weight is 411 g/mol. The number of hydrogen-bond acceptors (Lipinski definition) is 4. The molecular weight excluding hydrogens is 380 g/mol. The second-order valence-corrected chi connectivity index (χ2v) is 8.11. The molecule has 1 aromatic carbocycles. The fourth-order valence-corrected chi connectivity index (χ4v) is 4.31. The van der Waals surface area contributed by atoms with Crippen molar-refractivity contribution in [1.82, 2.24) is 14.7 Å². The Morgan fingerprint density at radius 2 is 1.90 bits per heavy atom. The number of rotatable bonds is 7. The molecule has 2 aromatic rings. The van der Waals surface area contributed by atoms with Gasteiger partial charge in [-0.25, -0.2) is 4.68 Å². The van der Waals surface area contributed by atoms with E-state index in [4.69, 9.17) is 4.74 Å². The normalized spacial score (nSPS) is 19.7. The smallest absolute Gasteiger partial charge is 0.251 e. The van der Waals surface area contributed by atoms with Crippen LogP contribution in [-0.2, 0) is 20.7 Å². The lowest BCUT2D eigenvalue weighted by Gasteiger charge is -2.33. The number of piperidine rings is 1. The van der Waals surface area contributed by atoms with Crippen molar-refractivity contribution in [2.75, 3.05) is 25.0 Å². The van der Waals surface area contributed by atoms with E-state index in [0.717, 1.165) is 44.3 Å². The minimum atomic E-state index is -0.253. The summed E-state index contributed by atoms with van der Waals surface area (Å²) in [5.74, 6) is 0.876. The first kappa shape index (κ1) is 20.6. The Kier molecular flexibility index (Phi) is 6.79. The molecule has 1 unspecified atom stereocenters. The minimum absolute atomic E-state index is 0.0127. The van der Waals surface area contributed by atoms with E-state index in [1.54, 1.807) is 6.20 Å². The van der Waals surface area contributed by atoms with E-state index in [1.807, 2.05) is 33.8 Å². The Bertz CT molecular complexity index is 837. The molecule has 30 heavy (non-hydrogen) atoms. The van der Waals surface area contributed by atoms with Gasteiger partial charge in [-0.05, 0) is 44.1 Å². The van der Waals surface area contributed by atoms with Gasteiger partial charge in [0.05, 0.1) is 12.2 Å². The van der Waals surface area contributed by atoms with E-state index in [9.17, 15) is 9.59 Å². The molecule has 1 aromatic heterocycles. The van der Waals surface area contributed by atoms with Crippen LogP contribution in [0, 0.1) is 0 Å². The monoisotopic (exact) mass is 410 g/mol. The lowest BCUT2D eigenvalue weighted by molar-refractivity contribution is -0.142. The van der Waals surface area contributed by atoms with Crippen LogP contribution < -0.4 is 5.32 Å². The molecule has 2 amide bonds. The number of anilines is 1. The summed E-state index contributed by atoms with van der Waals surface area (Å²) in [6, 6.07) is 12.2. The maximum Gasteiger partial charge on any atom is 0.251 e. The van der Waals surface area contributed by atoms with Crippen molar-refractivity contribution >= 4 is 17.6 Å². The van der Waals surface area contributed by atoms with E-state index in [1.165, 1.54) is 5.56 Å². The van der Waals surface area contributed by atoms with Gasteiger partial charge in [0.15, 0.2) is 0 Å². The molecule has 4 rings (SSSR count). The molecule has 3 heterocycles. The molecular formula is C23H30N4O3. The van der Waals surface area contributed by atoms with Crippen LogP contribution in [0.1, 0.15) is 50.1 Å². The fraction of sp³-hybridized carbons (Fsp3) is 0.522. The minimum Gasteiger partial charge on any atom is -0.368 e. The summed E-state index contributed by atoms with van der Waals surface area (Å²) < 4.78 is 7.44. The van der Waals surface area contributed by atoms with Crippen molar-refractivity contribution in [3.63, 3.8) is 0 Å². The van der Waals surface area contributed by atoms with E-state index < -0.39 is 0 Å². The van der Waals surface area contributed by atoms with Crippen molar-refractivity contribution in [2.45, 2.75) is 57.1 Å². The summed E-state index contributed by atoms with van der Waals surface area (Å²) in [4.78, 5) is 26.8. The van der Waals surface area contributed by atoms with Crippen LogP contribution in [0.3, 0.4) is 0 Å². The second-order valence-electron chi connectivity index (χ2n) is 8.11. The molecule has 0 spiro atoms. The topological polar surface area (TPSA) is 76.5 Å². The van der Waals surface area contributed by atoms with E-state index >= 15 is 0 Å². The number of nitrogens with one attached hydrogen (secondary N) is 1. The van der Waals surface area contributed by atoms with Gasteiger partial charge in [0.25, 0.3) is 5.91 Å². The van der Waals surface area contributed by atoms with Gasteiger partial charge < -0.3 is 15.0 Å². The third-order valence-corrected chi connectivity index (χ3v) is 5.98. The molecule has 7 heteroatoms. The van der Waals surface area contributed by atoms with Gasteiger partial charge in [-0.2, -0.15) is 5.10 Å². The van der Waals surface area contributed by atoms with Crippen LogP contribution in [0.2, 0.25) is 0 Å². The van der Waals surface area contributed by atoms with Crippen molar-refractivity contribution in [1.29, 1.82) is 0 Å². The summed E-state index contributed by atoms with van der Waals surface area (Å²) >= 11 is 0. The molecule has 0 aliphatic carbocycles. The maximum absolute atomic E-state index is 12.5. The number of likely N-dealkylation sites (tertiary alicyclic amines) is 1. The highest BCUT2D eigenvalue weighted by molar-refractivity contribution is 5.89. The third-order valence-electron chi connectivity index (χ3n) is 5.98. The Morgan fingerprint density at radius 1 is 1.10 bits per heavy atom. The van der Waals surface area contributed by atoms with E-state index in [0.29, 0.717) is 26.1 Å². The summed E-state index contributed by atoms with van der Waals surface area (Å²) in [6.45, 7) is 2.09. The number of nitrogens with zero attached hydrogens (tertiary/aromatic N) is 3. The standard InChI is InChI=1S/C23H30N4O3/c28-22(10-4-8-18-6-2-1-3-7-18)25-21-11-14-24-27(21)19-12-15-26(16-13-19)23(29)20-9-5-17-30-20/h1-3,6-7,11,14,19-20H,4-5,8-10,12-13,15-17H2,(H,25,28). The Labute approximate surface area is 177 Å². The van der Waals surface area contributed by atoms with Gasteiger partial charge >= 0.3 is 0 Å². The summed E-state index contributed by atoms with van der Waals surface area (Å²) in [6.07, 6.45) is 7.12. The van der Waals surface area contributed by atoms with Gasteiger partial charge in [-0.1, -0.05) is 30.3 Å². The first-order valence-electron chi connectivity index (χ1n) is 11.0. The highest BCUT2D eigenvalue weighted by Crippen LogP contribution is 2.27. The van der Waals surface area contributed by atoms with Gasteiger partial charge in [-0.3, -0.25) is 9.59 Å². The average Bonchev–Trinajstić information content (AvgIpc) is 3.47. The van der Waals surface area contributed by atoms with Crippen molar-refractivity contribution in [2.24, 2.45) is 0 Å². The van der Waals surface area contributed by atoms with Crippen molar-refractivity contribution in [3.8, 4) is 0 Å². The van der Waals surface area contributed by atoms with Crippen molar-refractivity contribution in [3.05, 3.63) is 48.2 Å². The van der Waals surface area contributed by atoms with Crippen LogP contribution in [-0.4, -0.2) is 52.3 Å². The molecule has 2 fully saturated rings. The zero-order valence-electron chi connectivity index (χ0n) is 17.3. The first-order valence-corrected chi connectivity index (χ1v) is 11.0. The Hall–Kier alpha value is -2.67. The molecule has 1 N–H and O–H groups in total. The van der Waals surface area contributed by atoms with Gasteiger partial charge in [0, 0.05) is 32.2 Å². The highest BCUT2D eigenvalue weighted by atomic mass is 16.5. The molecule has 0 bridgehead atoms.